The average molecular weight is 296 g/mol. The molecule has 110 valence electrons. The van der Waals surface area contributed by atoms with Gasteiger partial charge in [0.1, 0.15) is 9.71 Å². The molecule has 2 rings (SSSR count). The molecule has 0 saturated heterocycles. The highest BCUT2D eigenvalue weighted by molar-refractivity contribution is 7.21. The fraction of sp³-hybridized carbons (Fsp3) is 0.538. The number of carbonyl (C=O) groups is 1. The lowest BCUT2D eigenvalue weighted by atomic mass is 10.1. The highest BCUT2D eigenvalue weighted by Gasteiger charge is 2.23. The number of fused-ring (bicyclic) bond motifs is 1. The highest BCUT2D eigenvalue weighted by atomic mass is 32.1. The van der Waals surface area contributed by atoms with Gasteiger partial charge in [-0.1, -0.05) is 13.8 Å². The first kappa shape index (κ1) is 14.8. The van der Waals surface area contributed by atoms with Gasteiger partial charge >= 0.3 is 0 Å². The summed E-state index contributed by atoms with van der Waals surface area (Å²) in [5.74, 6) is -0.0844. The van der Waals surface area contributed by atoms with Gasteiger partial charge in [-0.05, 0) is 12.8 Å². The van der Waals surface area contributed by atoms with Crippen LogP contribution in [-0.4, -0.2) is 33.4 Å². The van der Waals surface area contributed by atoms with Gasteiger partial charge in [0.25, 0.3) is 5.91 Å². The van der Waals surface area contributed by atoms with Crippen LogP contribution in [0.25, 0.3) is 10.2 Å². The molecule has 7 heteroatoms. The Balaban J connectivity index is 2.36. The minimum absolute atomic E-state index is 0.0885. The Morgan fingerprint density at radius 2 is 2.20 bits per heavy atom. The van der Waals surface area contributed by atoms with E-state index in [0.717, 1.165) is 15.9 Å². The number of aromatic nitrogens is 2. The topological polar surface area (TPSA) is 93.2 Å². The third-order valence-electron chi connectivity index (χ3n) is 3.41. The molecule has 2 heterocycles. The van der Waals surface area contributed by atoms with Gasteiger partial charge in [0.15, 0.2) is 0 Å². The first-order valence-corrected chi connectivity index (χ1v) is 7.31. The van der Waals surface area contributed by atoms with Crippen molar-refractivity contribution in [3.05, 3.63) is 10.6 Å². The molecule has 2 aromatic rings. The second-order valence-corrected chi connectivity index (χ2v) is 6.24. The molecule has 0 spiro atoms. The van der Waals surface area contributed by atoms with Gasteiger partial charge in [0, 0.05) is 7.05 Å². The summed E-state index contributed by atoms with van der Waals surface area (Å²) < 4.78 is 1.73. The van der Waals surface area contributed by atoms with E-state index in [1.54, 1.807) is 4.68 Å². The molecule has 0 radical (unpaired) electrons. The van der Waals surface area contributed by atoms with Gasteiger partial charge < -0.3 is 16.2 Å². The fourth-order valence-corrected chi connectivity index (χ4v) is 3.24. The Morgan fingerprint density at radius 3 is 2.70 bits per heavy atom. The van der Waals surface area contributed by atoms with Crippen LogP contribution in [0.2, 0.25) is 0 Å². The SMILES string of the molecule is Cc1nn(C)c2sc(C(=O)N[C@H](CO)C(C)C)c(N)c12. The van der Waals surface area contributed by atoms with E-state index in [4.69, 9.17) is 5.73 Å². The van der Waals surface area contributed by atoms with Crippen molar-refractivity contribution >= 4 is 33.1 Å². The van der Waals surface area contributed by atoms with E-state index in [1.807, 2.05) is 27.8 Å². The first-order valence-electron chi connectivity index (χ1n) is 6.50. The molecule has 1 amide bonds. The number of hydrogen-bond donors (Lipinski definition) is 3. The summed E-state index contributed by atoms with van der Waals surface area (Å²) in [5.41, 5.74) is 7.36. The fourth-order valence-electron chi connectivity index (χ4n) is 2.16. The standard InChI is InChI=1S/C13H20N4O2S/c1-6(2)8(5-18)15-12(19)11-10(14)9-7(3)16-17(4)13(9)20-11/h6,8,18H,5,14H2,1-4H3,(H,15,19)/t8-/m1/s1. The van der Waals surface area contributed by atoms with Gasteiger partial charge in [0.2, 0.25) is 0 Å². The largest absolute Gasteiger partial charge is 0.397 e. The van der Waals surface area contributed by atoms with Crippen molar-refractivity contribution < 1.29 is 9.90 Å². The van der Waals surface area contributed by atoms with Crippen LogP contribution in [0.15, 0.2) is 0 Å². The zero-order valence-electron chi connectivity index (χ0n) is 12.1. The molecule has 0 unspecified atom stereocenters. The van der Waals surface area contributed by atoms with Crippen LogP contribution in [0.3, 0.4) is 0 Å². The number of aliphatic hydroxyl groups is 1. The number of rotatable bonds is 4. The Morgan fingerprint density at radius 1 is 1.55 bits per heavy atom. The van der Waals surface area contributed by atoms with E-state index in [2.05, 4.69) is 10.4 Å². The lowest BCUT2D eigenvalue weighted by molar-refractivity contribution is 0.0902. The Hall–Kier alpha value is -1.60. The number of hydrogen-bond acceptors (Lipinski definition) is 5. The molecular weight excluding hydrogens is 276 g/mol. The number of amides is 1. The maximum Gasteiger partial charge on any atom is 0.263 e. The molecule has 0 aromatic carbocycles. The van der Waals surface area contributed by atoms with Gasteiger partial charge in [0.05, 0.1) is 29.4 Å². The molecule has 0 fully saturated rings. The Kier molecular flexibility index (Phi) is 4.01. The summed E-state index contributed by atoms with van der Waals surface area (Å²) in [6, 6.07) is -0.272. The maximum absolute atomic E-state index is 12.3. The molecule has 1 atom stereocenters. The smallest absolute Gasteiger partial charge is 0.263 e. The van der Waals surface area contributed by atoms with Crippen molar-refractivity contribution in [2.45, 2.75) is 26.8 Å². The number of aryl methyl sites for hydroxylation is 2. The third kappa shape index (κ3) is 2.38. The summed E-state index contributed by atoms with van der Waals surface area (Å²) in [6.45, 7) is 5.68. The highest BCUT2D eigenvalue weighted by Crippen LogP contribution is 2.35. The number of thiophene rings is 1. The number of nitrogens with one attached hydrogen (secondary N) is 1. The van der Waals surface area contributed by atoms with Crippen molar-refractivity contribution in [2.24, 2.45) is 13.0 Å². The number of anilines is 1. The molecule has 0 aliphatic heterocycles. The molecule has 0 aliphatic carbocycles. The zero-order chi connectivity index (χ0) is 15.0. The summed E-state index contributed by atoms with van der Waals surface area (Å²) in [7, 11) is 1.83. The van der Waals surface area contributed by atoms with Crippen molar-refractivity contribution in [1.29, 1.82) is 0 Å². The van der Waals surface area contributed by atoms with Crippen LogP contribution in [0, 0.1) is 12.8 Å². The van der Waals surface area contributed by atoms with Crippen molar-refractivity contribution in [3.63, 3.8) is 0 Å². The number of nitrogen functional groups attached to an aromatic ring is 1. The molecule has 0 aliphatic rings. The van der Waals surface area contributed by atoms with E-state index in [9.17, 15) is 9.90 Å². The van der Waals surface area contributed by atoms with Crippen LogP contribution in [0.1, 0.15) is 29.2 Å². The van der Waals surface area contributed by atoms with E-state index >= 15 is 0 Å². The molecule has 0 bridgehead atoms. The average Bonchev–Trinajstić information content (AvgIpc) is 2.85. The monoisotopic (exact) mass is 296 g/mol. The number of aliphatic hydroxyl groups excluding tert-OH is 1. The van der Waals surface area contributed by atoms with E-state index in [1.165, 1.54) is 11.3 Å². The first-order chi connectivity index (χ1) is 9.36. The number of carbonyl (C=O) groups excluding carboxylic acids is 1. The molecule has 4 N–H and O–H groups in total. The number of nitrogens with two attached hydrogens (primary N) is 1. The molecular formula is C13H20N4O2S. The van der Waals surface area contributed by atoms with Crippen LogP contribution in [0.5, 0.6) is 0 Å². The zero-order valence-corrected chi connectivity index (χ0v) is 12.9. The van der Waals surface area contributed by atoms with E-state index in [-0.39, 0.29) is 24.5 Å². The predicted octanol–water partition coefficient (Wildman–Crippen LogP) is 1.27. The maximum atomic E-state index is 12.3. The molecule has 20 heavy (non-hydrogen) atoms. The summed E-state index contributed by atoms with van der Waals surface area (Å²) in [4.78, 5) is 13.7. The van der Waals surface area contributed by atoms with Gasteiger partial charge in [-0.25, -0.2) is 0 Å². The minimum Gasteiger partial charge on any atom is -0.397 e. The summed E-state index contributed by atoms with van der Waals surface area (Å²) >= 11 is 1.33. The number of nitrogens with zero attached hydrogens (tertiary/aromatic N) is 2. The summed E-state index contributed by atoms with van der Waals surface area (Å²) in [6.07, 6.45) is 0. The van der Waals surface area contributed by atoms with Crippen molar-refractivity contribution in [1.82, 2.24) is 15.1 Å². The van der Waals surface area contributed by atoms with Gasteiger partial charge in [-0.15, -0.1) is 11.3 Å². The van der Waals surface area contributed by atoms with Crippen molar-refractivity contribution in [2.75, 3.05) is 12.3 Å². The second kappa shape index (κ2) is 5.41. The second-order valence-electron chi connectivity index (χ2n) is 5.24. The molecule has 0 saturated carbocycles. The lowest BCUT2D eigenvalue weighted by Gasteiger charge is -2.19. The molecule has 6 nitrogen and oxygen atoms in total. The Bertz CT molecular complexity index is 644. The van der Waals surface area contributed by atoms with Crippen LogP contribution in [-0.2, 0) is 7.05 Å². The summed E-state index contributed by atoms with van der Waals surface area (Å²) in [5, 5.41) is 17.3. The van der Waals surface area contributed by atoms with Crippen LogP contribution in [0.4, 0.5) is 5.69 Å². The van der Waals surface area contributed by atoms with E-state index < -0.39 is 0 Å². The van der Waals surface area contributed by atoms with Crippen LogP contribution >= 0.6 is 11.3 Å². The third-order valence-corrected chi connectivity index (χ3v) is 4.68. The van der Waals surface area contributed by atoms with E-state index in [0.29, 0.717) is 10.6 Å². The lowest BCUT2D eigenvalue weighted by Crippen LogP contribution is -2.41. The quantitative estimate of drug-likeness (QED) is 0.792. The van der Waals surface area contributed by atoms with Gasteiger partial charge in [-0.2, -0.15) is 5.10 Å². The molecule has 2 aromatic heterocycles. The minimum atomic E-state index is -0.272. The van der Waals surface area contributed by atoms with Crippen molar-refractivity contribution in [3.8, 4) is 0 Å². The Labute approximate surface area is 121 Å². The normalized spacial score (nSPS) is 13.1. The van der Waals surface area contributed by atoms with Gasteiger partial charge in [-0.3, -0.25) is 9.48 Å². The predicted molar refractivity (Wildman–Crippen MR) is 80.9 cm³/mol. The van der Waals surface area contributed by atoms with Crippen LogP contribution < -0.4 is 11.1 Å².